The molecule has 0 spiro atoms. The van der Waals surface area contributed by atoms with E-state index in [0.717, 1.165) is 16.0 Å². The van der Waals surface area contributed by atoms with Gasteiger partial charge in [-0.15, -0.1) is 6.58 Å². The van der Waals surface area contributed by atoms with E-state index in [4.69, 9.17) is 4.74 Å². The predicted molar refractivity (Wildman–Crippen MR) is 83.7 cm³/mol. The first-order valence-corrected chi connectivity index (χ1v) is 7.42. The number of β-amino-alcohol motifs (C(OH)–C–C–N with tert-alkyl or cyclic N) is 1. The lowest BCUT2D eigenvalue weighted by molar-refractivity contribution is -0.143. The summed E-state index contributed by atoms with van der Waals surface area (Å²) in [6, 6.07) is 8.02. The lowest BCUT2D eigenvalue weighted by atomic mass is 9.91. The fourth-order valence-electron chi connectivity index (χ4n) is 2.85. The number of amides is 1. The molecule has 2 unspecified atom stereocenters. The van der Waals surface area contributed by atoms with Gasteiger partial charge >= 0.3 is 12.1 Å². The van der Waals surface area contributed by atoms with Crippen LogP contribution in [0, 0.1) is 5.92 Å². The highest BCUT2D eigenvalue weighted by Crippen LogP contribution is 2.30. The molecule has 0 saturated carbocycles. The van der Waals surface area contributed by atoms with E-state index in [0.29, 0.717) is 6.42 Å². The Morgan fingerprint density at radius 2 is 2.00 bits per heavy atom. The number of aliphatic hydroxyl groups is 1. The molecular formula is C17H21NO5. The quantitative estimate of drug-likeness (QED) is 0.811. The number of benzene rings is 1. The van der Waals surface area contributed by atoms with E-state index in [1.165, 1.54) is 0 Å². The Labute approximate surface area is 135 Å². The second kappa shape index (κ2) is 7.28. The number of carboxylic acids is 1. The number of aliphatic hydroxyl groups excluding tert-OH is 1. The van der Waals surface area contributed by atoms with Crippen LogP contribution in [0.2, 0.25) is 0 Å². The molecule has 2 rings (SSSR count). The van der Waals surface area contributed by atoms with Crippen LogP contribution in [0.15, 0.2) is 42.5 Å². The number of allylic oxidation sites excluding steroid dienone is 1. The number of hydrogen-bond acceptors (Lipinski definition) is 4. The molecule has 1 amide bonds. The molecule has 1 heterocycles. The minimum Gasteiger partial charge on any atom is -0.480 e. The molecule has 23 heavy (non-hydrogen) atoms. The molecular weight excluding hydrogens is 298 g/mol. The summed E-state index contributed by atoms with van der Waals surface area (Å²) < 4.78 is 5.18. The van der Waals surface area contributed by atoms with Crippen molar-refractivity contribution in [1.82, 2.24) is 4.90 Å². The Morgan fingerprint density at radius 3 is 2.57 bits per heavy atom. The summed E-state index contributed by atoms with van der Waals surface area (Å²) in [6.07, 6.45) is -1.29. The highest BCUT2D eigenvalue weighted by molar-refractivity contribution is 5.81. The number of hydrogen-bond donors (Lipinski definition) is 2. The molecule has 0 aliphatic carbocycles. The third-order valence-electron chi connectivity index (χ3n) is 3.90. The van der Waals surface area contributed by atoms with E-state index in [1.54, 1.807) is 6.92 Å². The number of ether oxygens (including phenoxy) is 1. The molecule has 1 aromatic carbocycles. The maximum absolute atomic E-state index is 12.2. The van der Waals surface area contributed by atoms with Gasteiger partial charge < -0.3 is 14.9 Å². The van der Waals surface area contributed by atoms with E-state index in [2.05, 4.69) is 6.58 Å². The lowest BCUT2D eigenvalue weighted by Crippen LogP contribution is -2.43. The van der Waals surface area contributed by atoms with Gasteiger partial charge in [-0.3, -0.25) is 4.90 Å². The van der Waals surface area contributed by atoms with Crippen molar-refractivity contribution >= 4 is 12.1 Å². The Kier molecular flexibility index (Phi) is 5.39. The molecule has 1 aliphatic heterocycles. The van der Waals surface area contributed by atoms with Crippen molar-refractivity contribution in [2.24, 2.45) is 5.92 Å². The van der Waals surface area contributed by atoms with Gasteiger partial charge in [-0.1, -0.05) is 35.9 Å². The molecule has 1 aromatic rings. The molecule has 0 radical (unpaired) electrons. The van der Waals surface area contributed by atoms with Gasteiger partial charge in [-0.25, -0.2) is 9.59 Å². The van der Waals surface area contributed by atoms with Gasteiger partial charge in [0.05, 0.1) is 12.6 Å². The van der Waals surface area contributed by atoms with Crippen LogP contribution in [0.4, 0.5) is 4.79 Å². The Morgan fingerprint density at radius 1 is 1.35 bits per heavy atom. The van der Waals surface area contributed by atoms with Gasteiger partial charge in [0.2, 0.25) is 0 Å². The Bertz CT molecular complexity index is 586. The second-order valence-corrected chi connectivity index (χ2v) is 5.87. The summed E-state index contributed by atoms with van der Waals surface area (Å²) in [7, 11) is 0. The largest absolute Gasteiger partial charge is 0.480 e. The van der Waals surface area contributed by atoms with Gasteiger partial charge in [-0.2, -0.15) is 0 Å². The van der Waals surface area contributed by atoms with Gasteiger partial charge in [0.1, 0.15) is 12.6 Å². The Balaban J connectivity index is 2.06. The second-order valence-electron chi connectivity index (χ2n) is 5.87. The lowest BCUT2D eigenvalue weighted by Gasteiger charge is -2.24. The monoisotopic (exact) mass is 319 g/mol. The van der Waals surface area contributed by atoms with Crippen LogP contribution in [0.1, 0.15) is 18.9 Å². The van der Waals surface area contributed by atoms with Gasteiger partial charge in [-0.05, 0) is 18.9 Å². The summed E-state index contributed by atoms with van der Waals surface area (Å²) in [5, 5.41) is 19.5. The molecule has 124 valence electrons. The molecule has 1 aliphatic rings. The smallest absolute Gasteiger partial charge is 0.410 e. The standard InChI is InChI=1S/C17H21NO5/c1-11(2)8-13-14(19)9-18(15(13)16(20)21)17(22)23-10-12-6-4-3-5-7-12/h3-7,13-15,19H,1,8-10H2,2H3,(H,20,21)/t13?,14-,15?/m0/s1. The number of nitrogens with zero attached hydrogens (tertiary/aromatic N) is 1. The van der Waals surface area contributed by atoms with E-state index in [9.17, 15) is 19.8 Å². The van der Waals surface area contributed by atoms with Crippen molar-refractivity contribution in [3.63, 3.8) is 0 Å². The number of likely N-dealkylation sites (tertiary alicyclic amines) is 1. The van der Waals surface area contributed by atoms with Crippen molar-refractivity contribution in [3.8, 4) is 0 Å². The van der Waals surface area contributed by atoms with Crippen molar-refractivity contribution in [3.05, 3.63) is 48.0 Å². The molecule has 0 aromatic heterocycles. The van der Waals surface area contributed by atoms with Crippen LogP contribution in [0.5, 0.6) is 0 Å². The third-order valence-corrected chi connectivity index (χ3v) is 3.90. The number of carbonyl (C=O) groups excluding carboxylic acids is 1. The highest BCUT2D eigenvalue weighted by atomic mass is 16.6. The predicted octanol–water partition coefficient (Wildman–Crippen LogP) is 2.04. The zero-order valence-corrected chi connectivity index (χ0v) is 13.0. The summed E-state index contributed by atoms with van der Waals surface area (Å²) in [4.78, 5) is 24.8. The normalized spacial score (nSPS) is 23.6. The average molecular weight is 319 g/mol. The number of aliphatic carboxylic acids is 1. The topological polar surface area (TPSA) is 87.1 Å². The Hall–Kier alpha value is -2.34. The zero-order valence-electron chi connectivity index (χ0n) is 13.0. The third kappa shape index (κ3) is 4.10. The molecule has 1 saturated heterocycles. The van der Waals surface area contributed by atoms with E-state index >= 15 is 0 Å². The van der Waals surface area contributed by atoms with E-state index in [-0.39, 0.29) is 13.2 Å². The number of carboxylic acid groups (broad SMARTS) is 1. The summed E-state index contributed by atoms with van der Waals surface area (Å²) >= 11 is 0. The van der Waals surface area contributed by atoms with Gasteiger partial charge in [0.15, 0.2) is 0 Å². The minimum absolute atomic E-state index is 0.0530. The highest BCUT2D eigenvalue weighted by Gasteiger charge is 2.47. The van der Waals surface area contributed by atoms with Gasteiger partial charge in [0, 0.05) is 5.92 Å². The first kappa shape index (κ1) is 17.0. The van der Waals surface area contributed by atoms with Crippen molar-refractivity contribution in [2.45, 2.75) is 32.1 Å². The van der Waals surface area contributed by atoms with Crippen LogP contribution in [-0.2, 0) is 16.1 Å². The molecule has 3 atom stereocenters. The minimum atomic E-state index is -1.15. The maximum Gasteiger partial charge on any atom is 0.410 e. The fraction of sp³-hybridized carbons (Fsp3) is 0.412. The summed E-state index contributed by atoms with van der Waals surface area (Å²) in [5.74, 6) is -1.72. The first-order chi connectivity index (χ1) is 10.9. The van der Waals surface area contributed by atoms with Gasteiger partial charge in [0.25, 0.3) is 0 Å². The average Bonchev–Trinajstić information content (AvgIpc) is 2.82. The van der Waals surface area contributed by atoms with Crippen LogP contribution in [0.3, 0.4) is 0 Å². The van der Waals surface area contributed by atoms with Crippen molar-refractivity contribution in [2.75, 3.05) is 6.54 Å². The number of carbonyl (C=O) groups is 2. The van der Waals surface area contributed by atoms with Crippen LogP contribution in [-0.4, -0.2) is 45.9 Å². The molecule has 1 fully saturated rings. The van der Waals surface area contributed by atoms with Crippen molar-refractivity contribution < 1.29 is 24.5 Å². The van der Waals surface area contributed by atoms with E-state index < -0.39 is 30.1 Å². The van der Waals surface area contributed by atoms with E-state index in [1.807, 2.05) is 30.3 Å². The summed E-state index contributed by atoms with van der Waals surface area (Å²) in [6.45, 7) is 5.53. The summed E-state index contributed by atoms with van der Waals surface area (Å²) in [5.41, 5.74) is 1.57. The SMILES string of the molecule is C=C(C)CC1C(C(=O)O)N(C(=O)OCc2ccccc2)C[C@@H]1O. The van der Waals surface area contributed by atoms with Crippen molar-refractivity contribution in [1.29, 1.82) is 0 Å². The fourth-order valence-corrected chi connectivity index (χ4v) is 2.85. The molecule has 6 heteroatoms. The number of rotatable bonds is 5. The van der Waals surface area contributed by atoms with Crippen LogP contribution < -0.4 is 0 Å². The zero-order chi connectivity index (χ0) is 17.0. The molecule has 6 nitrogen and oxygen atoms in total. The molecule has 0 bridgehead atoms. The van der Waals surface area contributed by atoms with Crippen LogP contribution >= 0.6 is 0 Å². The first-order valence-electron chi connectivity index (χ1n) is 7.42. The molecule has 2 N–H and O–H groups in total. The maximum atomic E-state index is 12.2. The van der Waals surface area contributed by atoms with Crippen LogP contribution in [0.25, 0.3) is 0 Å².